The van der Waals surface area contributed by atoms with E-state index in [-0.39, 0.29) is 11.5 Å². The Morgan fingerprint density at radius 3 is 2.84 bits per heavy atom. The Morgan fingerprint density at radius 1 is 1.24 bits per heavy atom. The van der Waals surface area contributed by atoms with Gasteiger partial charge in [0.05, 0.1) is 13.1 Å². The van der Waals surface area contributed by atoms with E-state index in [1.54, 1.807) is 30.7 Å². The van der Waals surface area contributed by atoms with E-state index in [0.717, 1.165) is 31.8 Å². The van der Waals surface area contributed by atoms with Crippen LogP contribution in [0.25, 0.3) is 0 Å². The zero-order valence-corrected chi connectivity index (χ0v) is 14.1. The van der Waals surface area contributed by atoms with Crippen molar-refractivity contribution in [3.63, 3.8) is 0 Å². The maximum absolute atomic E-state index is 12.5. The van der Waals surface area contributed by atoms with E-state index >= 15 is 0 Å². The fourth-order valence-corrected chi connectivity index (χ4v) is 3.80. The third kappa shape index (κ3) is 3.22. The van der Waals surface area contributed by atoms with Crippen LogP contribution in [0.3, 0.4) is 0 Å². The first-order valence-corrected chi connectivity index (χ1v) is 8.75. The maximum Gasteiger partial charge on any atom is 0.254 e. The molecule has 1 spiro atoms. The number of nitrogens with one attached hydrogen (secondary N) is 1. The van der Waals surface area contributed by atoms with Crippen LogP contribution in [0.15, 0.2) is 48.9 Å². The molecule has 2 saturated heterocycles. The Bertz CT molecular complexity index is 717. The largest absolute Gasteiger partial charge is 0.371 e. The fourth-order valence-electron chi connectivity index (χ4n) is 3.80. The number of hydrogen-bond acceptors (Lipinski definition) is 5. The summed E-state index contributed by atoms with van der Waals surface area (Å²) in [6, 6.07) is 9.38. The first-order valence-electron chi connectivity index (χ1n) is 8.75. The van der Waals surface area contributed by atoms with Crippen molar-refractivity contribution in [3.8, 4) is 0 Å². The van der Waals surface area contributed by atoms with E-state index in [2.05, 4.69) is 15.3 Å². The molecule has 25 heavy (non-hydrogen) atoms. The predicted molar refractivity (Wildman–Crippen MR) is 94.3 cm³/mol. The normalized spacial score (nSPS) is 21.1. The van der Waals surface area contributed by atoms with E-state index in [0.29, 0.717) is 24.6 Å². The van der Waals surface area contributed by atoms with Crippen LogP contribution in [0.2, 0.25) is 0 Å². The Morgan fingerprint density at radius 2 is 2.08 bits per heavy atom. The van der Waals surface area contributed by atoms with Crippen LogP contribution in [-0.4, -0.2) is 52.6 Å². The molecular weight excluding hydrogens is 316 g/mol. The van der Waals surface area contributed by atoms with E-state index in [1.807, 2.05) is 23.1 Å². The van der Waals surface area contributed by atoms with Crippen LogP contribution in [0.1, 0.15) is 23.2 Å². The number of likely N-dealkylation sites (tertiary alicyclic amines) is 1. The highest BCUT2D eigenvalue weighted by Crippen LogP contribution is 2.42. The second kappa shape index (κ2) is 6.80. The Kier molecular flexibility index (Phi) is 4.36. The Hall–Kier alpha value is -2.47. The lowest BCUT2D eigenvalue weighted by Crippen LogP contribution is -2.66. The van der Waals surface area contributed by atoms with Crippen LogP contribution in [0.4, 0.5) is 5.82 Å². The van der Waals surface area contributed by atoms with Crippen molar-refractivity contribution in [3.05, 3.63) is 54.5 Å². The number of hydrogen-bond donors (Lipinski definition) is 1. The lowest BCUT2D eigenvalue weighted by atomic mass is 9.78. The molecule has 1 unspecified atom stereocenters. The van der Waals surface area contributed by atoms with Gasteiger partial charge < -0.3 is 15.0 Å². The van der Waals surface area contributed by atoms with Crippen molar-refractivity contribution in [2.75, 3.05) is 31.6 Å². The molecule has 2 fully saturated rings. The molecule has 4 rings (SSSR count). The molecule has 2 aromatic heterocycles. The monoisotopic (exact) mass is 338 g/mol. The lowest BCUT2D eigenvalue weighted by molar-refractivity contribution is -0.117. The number of anilines is 1. The van der Waals surface area contributed by atoms with Gasteiger partial charge in [-0.1, -0.05) is 6.07 Å². The summed E-state index contributed by atoms with van der Waals surface area (Å²) in [6.07, 6.45) is 7.17. The van der Waals surface area contributed by atoms with Crippen molar-refractivity contribution in [2.24, 2.45) is 5.92 Å². The number of ether oxygens (including phenoxy) is 1. The Balaban J connectivity index is 1.31. The molecule has 130 valence electrons. The summed E-state index contributed by atoms with van der Waals surface area (Å²) in [4.78, 5) is 22.6. The zero-order valence-electron chi connectivity index (χ0n) is 14.1. The number of aromatic nitrogens is 2. The van der Waals surface area contributed by atoms with Gasteiger partial charge in [-0.3, -0.25) is 9.78 Å². The number of amides is 1. The second-order valence-electron chi connectivity index (χ2n) is 6.73. The summed E-state index contributed by atoms with van der Waals surface area (Å²) >= 11 is 0. The fraction of sp³-hybridized carbons (Fsp3) is 0.421. The van der Waals surface area contributed by atoms with Gasteiger partial charge in [0.1, 0.15) is 11.4 Å². The summed E-state index contributed by atoms with van der Waals surface area (Å²) in [5.41, 5.74) is 0.533. The van der Waals surface area contributed by atoms with E-state index < -0.39 is 0 Å². The first-order chi connectivity index (χ1) is 12.3. The number of nitrogens with zero attached hydrogens (tertiary/aromatic N) is 3. The van der Waals surface area contributed by atoms with Crippen molar-refractivity contribution < 1.29 is 9.53 Å². The molecule has 1 amide bonds. The molecule has 2 aromatic rings. The predicted octanol–water partition coefficient (Wildman–Crippen LogP) is 2.21. The molecule has 0 bridgehead atoms. The van der Waals surface area contributed by atoms with Gasteiger partial charge in [-0.2, -0.15) is 0 Å². The SMILES string of the molecule is O=C(c1ccncc1)N1CC2(C1)OCCC2CCNc1ccccn1. The van der Waals surface area contributed by atoms with Gasteiger partial charge in [-0.05, 0) is 43.0 Å². The van der Waals surface area contributed by atoms with E-state index in [9.17, 15) is 4.79 Å². The van der Waals surface area contributed by atoms with Crippen molar-refractivity contribution in [1.29, 1.82) is 0 Å². The Labute approximate surface area is 147 Å². The topological polar surface area (TPSA) is 67.4 Å². The van der Waals surface area contributed by atoms with Crippen molar-refractivity contribution in [1.82, 2.24) is 14.9 Å². The summed E-state index contributed by atoms with van der Waals surface area (Å²) in [7, 11) is 0. The van der Waals surface area contributed by atoms with E-state index in [1.165, 1.54) is 0 Å². The summed E-state index contributed by atoms with van der Waals surface area (Å²) in [5, 5.41) is 3.36. The lowest BCUT2D eigenvalue weighted by Gasteiger charge is -2.50. The molecule has 0 aromatic carbocycles. The zero-order chi connectivity index (χ0) is 17.1. The molecule has 1 atom stereocenters. The van der Waals surface area contributed by atoms with Crippen molar-refractivity contribution in [2.45, 2.75) is 18.4 Å². The van der Waals surface area contributed by atoms with Gasteiger partial charge in [0, 0.05) is 37.3 Å². The molecule has 6 heteroatoms. The molecule has 2 aliphatic rings. The molecule has 4 heterocycles. The van der Waals surface area contributed by atoms with Crippen LogP contribution in [0.5, 0.6) is 0 Å². The van der Waals surface area contributed by atoms with E-state index in [4.69, 9.17) is 4.74 Å². The van der Waals surface area contributed by atoms with Crippen LogP contribution in [-0.2, 0) is 4.74 Å². The highest BCUT2D eigenvalue weighted by molar-refractivity contribution is 5.94. The standard InChI is InChI=1S/C19H22N4O2/c24-18(15-4-9-20-10-5-15)23-13-19(14-23)16(7-12-25-19)6-11-22-17-3-1-2-8-21-17/h1-5,8-10,16H,6-7,11-14H2,(H,21,22). The molecule has 1 N–H and O–H groups in total. The third-order valence-corrected chi connectivity index (χ3v) is 5.20. The molecule has 0 aliphatic carbocycles. The third-order valence-electron chi connectivity index (χ3n) is 5.20. The van der Waals surface area contributed by atoms with Crippen LogP contribution < -0.4 is 5.32 Å². The average molecular weight is 338 g/mol. The van der Waals surface area contributed by atoms with Crippen LogP contribution >= 0.6 is 0 Å². The average Bonchev–Trinajstić information content (AvgIpc) is 3.05. The number of carbonyl (C=O) groups is 1. The quantitative estimate of drug-likeness (QED) is 0.905. The summed E-state index contributed by atoms with van der Waals surface area (Å²) < 4.78 is 6.06. The van der Waals surface area contributed by atoms with Gasteiger partial charge in [-0.25, -0.2) is 4.98 Å². The molecule has 0 saturated carbocycles. The highest BCUT2D eigenvalue weighted by atomic mass is 16.5. The number of rotatable bonds is 5. The molecule has 6 nitrogen and oxygen atoms in total. The summed E-state index contributed by atoms with van der Waals surface area (Å²) in [5.74, 6) is 1.44. The second-order valence-corrected chi connectivity index (χ2v) is 6.73. The minimum Gasteiger partial charge on any atom is -0.371 e. The first kappa shape index (κ1) is 16.0. The van der Waals surface area contributed by atoms with Gasteiger partial charge in [0.2, 0.25) is 0 Å². The number of carbonyl (C=O) groups excluding carboxylic acids is 1. The smallest absolute Gasteiger partial charge is 0.254 e. The van der Waals surface area contributed by atoms with Gasteiger partial charge in [0.25, 0.3) is 5.91 Å². The molecule has 2 aliphatic heterocycles. The summed E-state index contributed by atoms with van der Waals surface area (Å²) in [6.45, 7) is 3.02. The van der Waals surface area contributed by atoms with Crippen LogP contribution in [0, 0.1) is 5.92 Å². The van der Waals surface area contributed by atoms with Gasteiger partial charge in [0.15, 0.2) is 0 Å². The minimum atomic E-state index is -0.158. The minimum absolute atomic E-state index is 0.0638. The number of pyridine rings is 2. The maximum atomic E-state index is 12.5. The molecule has 0 radical (unpaired) electrons. The molecular formula is C19H22N4O2. The highest BCUT2D eigenvalue weighted by Gasteiger charge is 2.54. The van der Waals surface area contributed by atoms with Crippen molar-refractivity contribution >= 4 is 11.7 Å². The van der Waals surface area contributed by atoms with Gasteiger partial charge in [-0.15, -0.1) is 0 Å². The van der Waals surface area contributed by atoms with Gasteiger partial charge >= 0.3 is 0 Å².